The normalized spacial score (nSPS) is 13.9. The Morgan fingerprint density at radius 1 is 1.24 bits per heavy atom. The number of carbonyl (C=O) groups is 1. The van der Waals surface area contributed by atoms with Crippen molar-refractivity contribution in [2.24, 2.45) is 7.05 Å². The zero-order valence-electron chi connectivity index (χ0n) is 18.7. The highest BCUT2D eigenvalue weighted by atomic mass is 19.3. The molecule has 172 valence electrons. The van der Waals surface area contributed by atoms with Gasteiger partial charge in [-0.15, -0.1) is 0 Å². The lowest BCUT2D eigenvalue weighted by Gasteiger charge is -2.32. The molecule has 3 heterocycles. The molecular formula is C24H26F2N6O. The van der Waals surface area contributed by atoms with E-state index in [9.17, 15) is 13.6 Å². The van der Waals surface area contributed by atoms with E-state index in [1.165, 1.54) is 6.07 Å². The number of hydrogen-bond donors (Lipinski definition) is 3. The van der Waals surface area contributed by atoms with E-state index in [0.717, 1.165) is 30.1 Å². The standard InChI is InChI=1S/C24H26F2N6O/c1-28-12-15(11-27)16-9-14-5-4-8-32(20(14)10-17(16)23(25)26)21-7-6-19-22(30-21)18(13-31(19)3)24(33)29-2/h6-7,9-13,23,27-28H,4-5,8H2,1-3H3,(H,29,33)/b15-12+,27-11?. The van der Waals surface area contributed by atoms with Gasteiger partial charge in [0, 0.05) is 63.1 Å². The predicted octanol–water partition coefficient (Wildman–Crippen LogP) is 4.16. The predicted molar refractivity (Wildman–Crippen MR) is 127 cm³/mol. The number of pyridine rings is 1. The van der Waals surface area contributed by atoms with Crippen molar-refractivity contribution in [3.63, 3.8) is 0 Å². The number of anilines is 2. The molecule has 33 heavy (non-hydrogen) atoms. The lowest BCUT2D eigenvalue weighted by atomic mass is 9.92. The van der Waals surface area contributed by atoms with Crippen molar-refractivity contribution in [3.8, 4) is 0 Å². The van der Waals surface area contributed by atoms with Crippen molar-refractivity contribution in [3.05, 3.63) is 58.9 Å². The minimum Gasteiger partial charge on any atom is -0.393 e. The summed E-state index contributed by atoms with van der Waals surface area (Å²) in [4.78, 5) is 19.0. The zero-order chi connectivity index (χ0) is 23.7. The number of allylic oxidation sites excluding steroid dienone is 1. The number of amides is 1. The van der Waals surface area contributed by atoms with Gasteiger partial charge in [0.25, 0.3) is 12.3 Å². The summed E-state index contributed by atoms with van der Waals surface area (Å²) >= 11 is 0. The molecule has 1 aliphatic rings. The van der Waals surface area contributed by atoms with Crippen LogP contribution in [-0.2, 0) is 13.5 Å². The molecule has 0 bridgehead atoms. The molecule has 1 aliphatic heterocycles. The molecule has 0 fully saturated rings. The van der Waals surface area contributed by atoms with Crippen LogP contribution in [0.2, 0.25) is 0 Å². The minimum atomic E-state index is -2.70. The summed E-state index contributed by atoms with van der Waals surface area (Å²) in [6.07, 6.45) is 3.23. The smallest absolute Gasteiger partial charge is 0.264 e. The third-order valence-corrected chi connectivity index (χ3v) is 5.94. The van der Waals surface area contributed by atoms with E-state index in [1.54, 1.807) is 32.6 Å². The lowest BCUT2D eigenvalue weighted by molar-refractivity contribution is 0.0964. The van der Waals surface area contributed by atoms with Crippen LogP contribution in [0, 0.1) is 5.41 Å². The minimum absolute atomic E-state index is 0.127. The highest BCUT2D eigenvalue weighted by Gasteiger charge is 2.26. The molecule has 1 aromatic carbocycles. The second-order valence-electron chi connectivity index (χ2n) is 7.93. The number of nitrogens with one attached hydrogen (secondary N) is 3. The van der Waals surface area contributed by atoms with Crippen molar-refractivity contribution < 1.29 is 13.6 Å². The first kappa shape index (κ1) is 22.4. The summed E-state index contributed by atoms with van der Waals surface area (Å²) in [5, 5.41) is 13.1. The third-order valence-electron chi connectivity index (χ3n) is 5.94. The van der Waals surface area contributed by atoms with E-state index in [4.69, 9.17) is 10.4 Å². The van der Waals surface area contributed by atoms with E-state index in [-0.39, 0.29) is 11.5 Å². The summed E-state index contributed by atoms with van der Waals surface area (Å²) in [6, 6.07) is 7.01. The molecular weight excluding hydrogens is 426 g/mol. The van der Waals surface area contributed by atoms with Crippen LogP contribution in [0.1, 0.15) is 39.9 Å². The number of fused-ring (bicyclic) bond motifs is 2. The second-order valence-corrected chi connectivity index (χ2v) is 7.93. The quantitative estimate of drug-likeness (QED) is 0.490. The van der Waals surface area contributed by atoms with Gasteiger partial charge >= 0.3 is 0 Å². The molecule has 2 aromatic heterocycles. The molecule has 7 nitrogen and oxygen atoms in total. The van der Waals surface area contributed by atoms with Gasteiger partial charge < -0.3 is 25.5 Å². The van der Waals surface area contributed by atoms with Crippen LogP contribution in [0.5, 0.6) is 0 Å². The number of hydrogen-bond acceptors (Lipinski definition) is 5. The first-order valence-corrected chi connectivity index (χ1v) is 10.7. The topological polar surface area (TPSA) is 86.0 Å². The number of benzene rings is 1. The average Bonchev–Trinajstić information content (AvgIpc) is 3.16. The Morgan fingerprint density at radius 2 is 2.03 bits per heavy atom. The fourth-order valence-electron chi connectivity index (χ4n) is 4.37. The molecule has 1 amide bonds. The van der Waals surface area contributed by atoms with Crippen LogP contribution in [0.15, 0.2) is 36.7 Å². The second kappa shape index (κ2) is 9.01. The van der Waals surface area contributed by atoms with Crippen LogP contribution >= 0.6 is 0 Å². The van der Waals surface area contributed by atoms with Crippen LogP contribution in [0.25, 0.3) is 16.6 Å². The Balaban J connectivity index is 1.87. The Kier molecular flexibility index (Phi) is 6.13. The first-order valence-electron chi connectivity index (χ1n) is 10.7. The van der Waals surface area contributed by atoms with Gasteiger partial charge in [0.1, 0.15) is 11.3 Å². The van der Waals surface area contributed by atoms with E-state index in [2.05, 4.69) is 10.6 Å². The molecule has 0 radical (unpaired) electrons. The monoisotopic (exact) mass is 452 g/mol. The first-order chi connectivity index (χ1) is 15.9. The molecule has 9 heteroatoms. The summed E-state index contributed by atoms with van der Waals surface area (Å²) < 4.78 is 29.9. The van der Waals surface area contributed by atoms with E-state index in [1.807, 2.05) is 28.6 Å². The Hall–Kier alpha value is -3.75. The third kappa shape index (κ3) is 3.94. The fourth-order valence-corrected chi connectivity index (χ4v) is 4.37. The van der Waals surface area contributed by atoms with Crippen LogP contribution < -0.4 is 15.5 Å². The maximum absolute atomic E-state index is 14.1. The number of halogens is 2. The van der Waals surface area contributed by atoms with Gasteiger partial charge in [0.2, 0.25) is 0 Å². The molecule has 3 aromatic rings. The van der Waals surface area contributed by atoms with Crippen molar-refractivity contribution in [1.82, 2.24) is 20.2 Å². The number of nitrogens with zero attached hydrogens (tertiary/aromatic N) is 3. The average molecular weight is 453 g/mol. The maximum Gasteiger partial charge on any atom is 0.264 e. The number of rotatable bonds is 6. The largest absolute Gasteiger partial charge is 0.393 e. The molecule has 0 unspecified atom stereocenters. The van der Waals surface area contributed by atoms with Crippen molar-refractivity contribution in [2.75, 3.05) is 25.5 Å². The van der Waals surface area contributed by atoms with Crippen molar-refractivity contribution >= 4 is 40.2 Å². The van der Waals surface area contributed by atoms with Crippen LogP contribution in [0.4, 0.5) is 20.3 Å². The van der Waals surface area contributed by atoms with E-state index < -0.39 is 6.43 Å². The van der Waals surface area contributed by atoms with Gasteiger partial charge in [-0.2, -0.15) is 0 Å². The molecule has 4 rings (SSSR count). The molecule has 3 N–H and O–H groups in total. The Bertz CT molecular complexity index is 1260. The maximum atomic E-state index is 14.1. The fraction of sp³-hybridized carbons (Fsp3) is 0.292. The van der Waals surface area contributed by atoms with Gasteiger partial charge in [-0.3, -0.25) is 4.79 Å². The van der Waals surface area contributed by atoms with Gasteiger partial charge in [-0.1, -0.05) is 0 Å². The van der Waals surface area contributed by atoms with Gasteiger partial charge in [0.15, 0.2) is 0 Å². The molecule has 0 spiro atoms. The Labute approximate surface area is 190 Å². The van der Waals surface area contributed by atoms with Gasteiger partial charge in [0.05, 0.1) is 11.1 Å². The highest BCUT2D eigenvalue weighted by molar-refractivity contribution is 6.09. The highest BCUT2D eigenvalue weighted by Crippen LogP contribution is 2.39. The number of carbonyl (C=O) groups excluding carboxylic acids is 1. The van der Waals surface area contributed by atoms with Crippen molar-refractivity contribution in [1.29, 1.82) is 5.41 Å². The summed E-state index contributed by atoms with van der Waals surface area (Å²) in [7, 11) is 5.09. The summed E-state index contributed by atoms with van der Waals surface area (Å²) in [6.45, 7) is 0.624. The van der Waals surface area contributed by atoms with Crippen LogP contribution in [0.3, 0.4) is 0 Å². The van der Waals surface area contributed by atoms with Gasteiger partial charge in [-0.05, 0) is 48.2 Å². The van der Waals surface area contributed by atoms with Gasteiger partial charge in [-0.25, -0.2) is 13.8 Å². The van der Waals surface area contributed by atoms with E-state index in [0.29, 0.717) is 40.3 Å². The molecule has 0 aliphatic carbocycles. The number of alkyl halides is 2. The van der Waals surface area contributed by atoms with Crippen molar-refractivity contribution in [2.45, 2.75) is 19.3 Å². The molecule has 0 saturated carbocycles. The zero-order valence-corrected chi connectivity index (χ0v) is 18.7. The van der Waals surface area contributed by atoms with Crippen LogP contribution in [-0.4, -0.2) is 42.3 Å². The number of aromatic nitrogens is 2. The Morgan fingerprint density at radius 3 is 2.70 bits per heavy atom. The SMILES string of the molecule is CN/C=C(\C=N)c1cc2c(cc1C(F)F)N(c1ccc3c(n1)c(C(=O)NC)cn3C)CCC2. The lowest BCUT2D eigenvalue weighted by Crippen LogP contribution is -2.26. The molecule has 0 atom stereocenters. The summed E-state index contributed by atoms with van der Waals surface area (Å²) in [5.74, 6) is 0.371. The number of aryl methyl sites for hydroxylation is 2. The molecule has 0 saturated heterocycles. The summed E-state index contributed by atoms with van der Waals surface area (Å²) in [5.41, 5.74) is 4.06. The van der Waals surface area contributed by atoms with E-state index >= 15 is 0 Å².